The van der Waals surface area contributed by atoms with Crippen LogP contribution in [-0.4, -0.2) is 233 Å². The molecule has 538 valence electrons. The van der Waals surface area contributed by atoms with Crippen molar-refractivity contribution >= 4 is 17.3 Å². The number of piperazine rings is 2. The molecule has 16 heterocycles. The number of hydrogen-bond acceptors (Lipinski definition) is 19. The molecule has 0 radical (unpaired) electrons. The van der Waals surface area contributed by atoms with E-state index >= 15 is 0 Å². The summed E-state index contributed by atoms with van der Waals surface area (Å²) < 4.78 is 8.18. The Labute approximate surface area is 589 Å². The summed E-state index contributed by atoms with van der Waals surface area (Å²) in [6.45, 7) is 27.6. The molecule has 4 unspecified atom stereocenters. The van der Waals surface area contributed by atoms with E-state index in [2.05, 4.69) is 166 Å². The van der Waals surface area contributed by atoms with Crippen molar-refractivity contribution in [2.24, 2.45) is 11.8 Å². The van der Waals surface area contributed by atoms with Gasteiger partial charge in [0.25, 0.3) is 0 Å². The van der Waals surface area contributed by atoms with Gasteiger partial charge in [0.05, 0.1) is 18.9 Å². The van der Waals surface area contributed by atoms with Gasteiger partial charge in [0.15, 0.2) is 5.82 Å². The van der Waals surface area contributed by atoms with Crippen molar-refractivity contribution < 1.29 is 4.74 Å². The zero-order valence-electron chi connectivity index (χ0n) is 59.6. The third-order valence-corrected chi connectivity index (χ3v) is 24.6. The number of aromatic nitrogens is 5. The maximum absolute atomic E-state index is 6.00. The molecule has 3 spiro atoms. The number of nitrogens with one attached hydrogen (secondary N) is 8. The highest BCUT2D eigenvalue weighted by molar-refractivity contribution is 5.71. The van der Waals surface area contributed by atoms with E-state index in [0.29, 0.717) is 23.6 Å². The first kappa shape index (κ1) is 72.6. The number of fused-ring (bicyclic) bond motifs is 12. The lowest BCUT2D eigenvalue weighted by molar-refractivity contribution is -0.0855. The Morgan fingerprint density at radius 2 is 1.09 bits per heavy atom. The number of anilines is 3. The number of aryl methyl sites for hydroxylation is 2. The molecule has 9 saturated heterocycles. The Balaban J connectivity index is 0.000000108. The quantitative estimate of drug-likeness (QED) is 0.0811. The molecule has 20 rings (SSSR count). The Morgan fingerprint density at radius 1 is 0.459 bits per heavy atom. The summed E-state index contributed by atoms with van der Waals surface area (Å²) >= 11 is 0. The predicted octanol–water partition coefficient (Wildman–Crippen LogP) is 7.91. The number of ether oxygens (including phenoxy) is 1. The number of nitrogens with zero attached hydrogens (tertiary/aromatic N) is 11. The summed E-state index contributed by atoms with van der Waals surface area (Å²) in [5.41, 5.74) is 9.62. The molecule has 1 saturated carbocycles. The lowest BCUT2D eigenvalue weighted by Gasteiger charge is -2.43. The van der Waals surface area contributed by atoms with E-state index in [1.54, 1.807) is 16.7 Å². The molecule has 8 N–H and O–H groups in total. The topological polar surface area (TPSA) is 181 Å². The monoisotopic (exact) mass is 1340 g/mol. The van der Waals surface area contributed by atoms with Crippen LogP contribution in [0, 0.1) is 11.8 Å². The molecule has 0 amide bonds. The molecule has 5 aromatic rings. The van der Waals surface area contributed by atoms with Crippen LogP contribution in [0.15, 0.2) is 91.6 Å². The van der Waals surface area contributed by atoms with E-state index < -0.39 is 0 Å². The maximum atomic E-state index is 6.00. The first-order chi connectivity index (χ1) is 47.7. The van der Waals surface area contributed by atoms with Gasteiger partial charge in [-0.1, -0.05) is 50.2 Å². The lowest BCUT2D eigenvalue weighted by atomic mass is 9.74. The highest BCUT2D eigenvalue weighted by Crippen LogP contribution is 2.47. The number of piperidine rings is 5. The summed E-state index contributed by atoms with van der Waals surface area (Å²) in [6, 6.07) is 24.1. The average Bonchev–Trinajstić information content (AvgIpc) is 1.78. The molecule has 10 fully saturated rings. The Morgan fingerprint density at radius 3 is 1.82 bits per heavy atom. The third kappa shape index (κ3) is 18.3. The third-order valence-electron chi connectivity index (χ3n) is 24.6. The van der Waals surface area contributed by atoms with Crippen molar-refractivity contribution in [1.29, 1.82) is 0 Å². The highest BCUT2D eigenvalue weighted by atomic mass is 16.5. The van der Waals surface area contributed by atoms with E-state index in [9.17, 15) is 0 Å². The van der Waals surface area contributed by atoms with Gasteiger partial charge in [-0.25, -0.2) is 15.0 Å². The van der Waals surface area contributed by atoms with Crippen LogP contribution in [0.25, 0.3) is 0 Å². The van der Waals surface area contributed by atoms with Gasteiger partial charge in [0.2, 0.25) is 0 Å². The Kier molecular flexibility index (Phi) is 26.4. The molecular weight excluding hydrogens is 1220 g/mol. The van der Waals surface area contributed by atoms with Crippen LogP contribution < -0.4 is 47.4 Å². The van der Waals surface area contributed by atoms with E-state index in [1.807, 2.05) is 43.1 Å². The van der Waals surface area contributed by atoms with Gasteiger partial charge in [-0.05, 0) is 253 Å². The number of likely N-dealkylation sites (tertiary alicyclic amines) is 3. The second-order valence-corrected chi connectivity index (χ2v) is 30.7. The van der Waals surface area contributed by atoms with Gasteiger partial charge in [-0.2, -0.15) is 0 Å². The minimum atomic E-state index is -0.0959. The van der Waals surface area contributed by atoms with Crippen molar-refractivity contribution in [3.05, 3.63) is 125 Å². The van der Waals surface area contributed by atoms with Crippen LogP contribution in [-0.2, 0) is 47.1 Å². The Hall–Kier alpha value is -5.20. The van der Waals surface area contributed by atoms with Gasteiger partial charge in [-0.15, -0.1) is 0 Å². The van der Waals surface area contributed by atoms with Crippen molar-refractivity contribution in [3.8, 4) is 0 Å². The molecule has 1 aromatic carbocycles. The Bertz CT molecular complexity index is 3000. The van der Waals surface area contributed by atoms with Crippen LogP contribution in [0.2, 0.25) is 0 Å². The minimum absolute atomic E-state index is 0. The van der Waals surface area contributed by atoms with Crippen molar-refractivity contribution in [3.63, 3.8) is 0 Å². The van der Waals surface area contributed by atoms with Crippen molar-refractivity contribution in [1.82, 2.24) is 80.9 Å². The summed E-state index contributed by atoms with van der Waals surface area (Å²) in [5, 5.41) is 26.8. The zero-order valence-corrected chi connectivity index (χ0v) is 59.6. The van der Waals surface area contributed by atoms with Crippen LogP contribution in [0.3, 0.4) is 0 Å². The smallest absolute Gasteiger partial charge is 0.151 e. The highest BCUT2D eigenvalue weighted by Gasteiger charge is 2.43. The van der Waals surface area contributed by atoms with Gasteiger partial charge < -0.3 is 71.4 Å². The molecule has 2 bridgehead atoms. The first-order valence-electron chi connectivity index (χ1n) is 38.3. The summed E-state index contributed by atoms with van der Waals surface area (Å²) in [6.07, 6.45) is 33.5. The number of pyridine rings is 3. The molecule has 15 aliphatic rings. The summed E-state index contributed by atoms with van der Waals surface area (Å²) in [4.78, 5) is 32.2. The fraction of sp³-hybridized carbons (Fsp3) is 0.692. The van der Waals surface area contributed by atoms with Crippen LogP contribution in [0.4, 0.5) is 17.3 Å². The van der Waals surface area contributed by atoms with Gasteiger partial charge in [-0.3, -0.25) is 14.8 Å². The van der Waals surface area contributed by atoms with Crippen LogP contribution in [0.5, 0.6) is 0 Å². The standard InChI is InChI=1S/C14H19N.C13H18N2.C12H17N3O.C11H16N4.C8H15N.C7H14N2.C6H9N3.C6H13N3.CH4/c1-15-10-8-14(9-11-15)7-6-12-4-2-3-5-13(12)14;1-15-9-6-13(7-10-15)5-4-12-11(13)3-2-8-14-12;1-15-7-4-12(5-8-15)10-3-2-6-13-11(10)14-9-16-12;1-2-10-11(13-5-1)14-8-15(10)9-3-6-12-7-4-9;1-2-7-4-8(3-1)6-9-5-7;1-2-7-6-8-3-5-9(7)4-1;1-3-9-4-2-8-6(9)5-7-1;1-2-9-5-8-4-6(9)3-7-1;/h2-5H,6-11H2,1H3;2-3,8H,4-7,9-10H2,1H3;2-3,6H,4-5,7-9H2,1H3,(H,13,14);1-2,5,9,12H,3-4,6-8H2,(H,13,14);7-9H,1-6H2;7-8H,1-6H2;2,4,7H,1,3,5H2;6-8H,1-5H2;1H4. The number of imidazole rings is 1. The van der Waals surface area contributed by atoms with Crippen LogP contribution in [0.1, 0.15) is 144 Å². The molecule has 4 atom stereocenters. The molecule has 20 heteroatoms. The largest absolute Gasteiger partial charge is 0.351 e. The van der Waals surface area contributed by atoms with Gasteiger partial charge in [0, 0.05) is 139 Å². The summed E-state index contributed by atoms with van der Waals surface area (Å²) in [7, 11) is 6.64. The number of hydrogen-bond donors (Lipinski definition) is 8. The maximum Gasteiger partial charge on any atom is 0.151 e. The molecule has 98 heavy (non-hydrogen) atoms. The second-order valence-electron chi connectivity index (χ2n) is 30.7. The molecule has 3 aliphatic carbocycles. The molecule has 20 nitrogen and oxygen atoms in total. The zero-order chi connectivity index (χ0) is 66.1. The van der Waals surface area contributed by atoms with Crippen LogP contribution >= 0.6 is 0 Å². The fourth-order valence-corrected chi connectivity index (χ4v) is 18.5. The second kappa shape index (κ2) is 35.6. The van der Waals surface area contributed by atoms with Crippen molar-refractivity contribution in [2.75, 3.05) is 181 Å². The van der Waals surface area contributed by atoms with E-state index in [0.717, 1.165) is 120 Å². The van der Waals surface area contributed by atoms with Crippen molar-refractivity contribution in [2.45, 2.75) is 171 Å². The number of rotatable bonds is 1. The fourth-order valence-electron chi connectivity index (χ4n) is 18.5. The molecule has 4 aromatic heterocycles. The predicted molar refractivity (Wildman–Crippen MR) is 400 cm³/mol. The van der Waals surface area contributed by atoms with Gasteiger partial charge >= 0.3 is 0 Å². The SMILES string of the molecule is C.C1CC2CNCC(C1)C2.C1CC2CNCCN2C1.C1CN2CNCC2CN1.CN1CCC2(CC1)OCNc1ncccc12.CN1CCC2(CCc3ccccc32)CC1.CN1CCC2(CCc3ncccc32)CC1.c1cn2c(n1)CNCC2.c1cnc2c(c1)N(C1CCNCC1)CN2. The summed E-state index contributed by atoms with van der Waals surface area (Å²) in [5.74, 6) is 5.27. The average molecular weight is 1340 g/mol. The lowest BCUT2D eigenvalue weighted by Crippen LogP contribution is -2.48. The van der Waals surface area contributed by atoms with E-state index in [4.69, 9.17) is 4.74 Å². The number of benzene rings is 1. The minimum Gasteiger partial charge on any atom is -0.351 e. The van der Waals surface area contributed by atoms with E-state index in [-0.39, 0.29) is 13.0 Å². The first-order valence-corrected chi connectivity index (χ1v) is 38.3. The van der Waals surface area contributed by atoms with E-state index in [1.165, 1.54) is 205 Å². The normalized spacial score (nSPS) is 26.8. The molecular formula is C78H125N19O. The molecule has 12 aliphatic heterocycles. The van der Waals surface area contributed by atoms with Gasteiger partial charge in [0.1, 0.15) is 24.0 Å².